The van der Waals surface area contributed by atoms with Crippen LogP contribution in [-0.2, 0) is 9.59 Å². The Kier molecular flexibility index (Phi) is 16.3. The van der Waals surface area contributed by atoms with Gasteiger partial charge in [0.15, 0.2) is 0 Å². The summed E-state index contributed by atoms with van der Waals surface area (Å²) in [5.41, 5.74) is 1.11. The molecule has 0 aromatic carbocycles. The average molecular weight is 354 g/mol. The number of carbonyl (C=O) groups excluding carboxylic acids is 2. The van der Waals surface area contributed by atoms with Gasteiger partial charge in [0.05, 0.1) is 12.6 Å². The summed E-state index contributed by atoms with van der Waals surface area (Å²) in [7, 11) is 3.77. The van der Waals surface area contributed by atoms with E-state index in [0.717, 1.165) is 24.8 Å². The van der Waals surface area contributed by atoms with E-state index in [0.29, 0.717) is 12.5 Å². The van der Waals surface area contributed by atoms with Crippen LogP contribution in [0.25, 0.3) is 0 Å². The molecule has 0 fully saturated rings. The minimum absolute atomic E-state index is 0.0605. The van der Waals surface area contributed by atoms with E-state index in [4.69, 9.17) is 0 Å². The number of rotatable bonds is 10. The summed E-state index contributed by atoms with van der Waals surface area (Å²) in [5.74, 6) is 0.240. The SMILES string of the molecule is C=C(C)/C=C\C.CCCCNC(=O)CNC(=O)[C@H](CC(C)C)N(C)C. The molecule has 2 amide bonds. The van der Waals surface area contributed by atoms with Crippen LogP contribution >= 0.6 is 0 Å². The van der Waals surface area contributed by atoms with Gasteiger partial charge in [-0.3, -0.25) is 14.5 Å². The Morgan fingerprint density at radius 1 is 1.20 bits per heavy atom. The number of amides is 2. The fraction of sp³-hybridized carbons (Fsp3) is 0.700. The molecule has 2 N–H and O–H groups in total. The molecule has 0 aliphatic heterocycles. The maximum absolute atomic E-state index is 12.0. The van der Waals surface area contributed by atoms with Crippen LogP contribution in [0.15, 0.2) is 24.3 Å². The number of allylic oxidation sites excluding steroid dienone is 3. The van der Waals surface area contributed by atoms with Gasteiger partial charge < -0.3 is 10.6 Å². The Labute approximate surface area is 154 Å². The van der Waals surface area contributed by atoms with E-state index in [1.165, 1.54) is 0 Å². The van der Waals surface area contributed by atoms with Crippen LogP contribution in [0.4, 0.5) is 0 Å². The van der Waals surface area contributed by atoms with E-state index >= 15 is 0 Å². The Bertz CT molecular complexity index is 415. The molecule has 0 saturated carbocycles. The van der Waals surface area contributed by atoms with Gasteiger partial charge in [0, 0.05) is 6.54 Å². The van der Waals surface area contributed by atoms with Crippen LogP contribution in [-0.4, -0.2) is 49.9 Å². The normalized spacial score (nSPS) is 11.9. The number of likely N-dealkylation sites (N-methyl/N-ethyl adjacent to an activating group) is 1. The summed E-state index contributed by atoms with van der Waals surface area (Å²) in [4.78, 5) is 25.4. The third-order valence-corrected chi connectivity index (χ3v) is 3.35. The first-order chi connectivity index (χ1) is 11.6. The number of nitrogens with one attached hydrogen (secondary N) is 2. The van der Waals surface area contributed by atoms with E-state index in [1.807, 2.05) is 45.0 Å². The molecule has 0 aromatic rings. The molecule has 0 aliphatic carbocycles. The van der Waals surface area contributed by atoms with Crippen molar-refractivity contribution in [3.05, 3.63) is 24.3 Å². The van der Waals surface area contributed by atoms with E-state index < -0.39 is 0 Å². The van der Waals surface area contributed by atoms with Gasteiger partial charge in [-0.05, 0) is 46.7 Å². The first-order valence-electron chi connectivity index (χ1n) is 9.14. The molecule has 0 heterocycles. The zero-order chi connectivity index (χ0) is 19.8. The van der Waals surface area contributed by atoms with Crippen molar-refractivity contribution >= 4 is 11.8 Å². The van der Waals surface area contributed by atoms with Crippen molar-refractivity contribution in [1.82, 2.24) is 15.5 Å². The van der Waals surface area contributed by atoms with Gasteiger partial charge in [0.25, 0.3) is 0 Å². The van der Waals surface area contributed by atoms with Gasteiger partial charge in [-0.25, -0.2) is 0 Å². The Morgan fingerprint density at radius 2 is 1.80 bits per heavy atom. The molecule has 25 heavy (non-hydrogen) atoms. The zero-order valence-corrected chi connectivity index (χ0v) is 17.3. The molecule has 0 aliphatic rings. The molecule has 0 aromatic heterocycles. The first-order valence-corrected chi connectivity index (χ1v) is 9.14. The molecule has 0 saturated heterocycles. The van der Waals surface area contributed by atoms with Gasteiger partial charge in [0.2, 0.25) is 11.8 Å². The number of hydrogen-bond donors (Lipinski definition) is 2. The van der Waals surface area contributed by atoms with E-state index in [9.17, 15) is 9.59 Å². The highest BCUT2D eigenvalue weighted by molar-refractivity contribution is 5.87. The van der Waals surface area contributed by atoms with Crippen molar-refractivity contribution < 1.29 is 9.59 Å². The monoisotopic (exact) mass is 353 g/mol. The fourth-order valence-corrected chi connectivity index (χ4v) is 2.04. The first kappa shape index (κ1) is 25.6. The van der Waals surface area contributed by atoms with Gasteiger partial charge in [-0.2, -0.15) is 0 Å². The molecule has 0 unspecified atom stereocenters. The number of unbranched alkanes of at least 4 members (excludes halogenated alkanes) is 1. The van der Waals surface area contributed by atoms with Crippen LogP contribution in [0.5, 0.6) is 0 Å². The molecule has 146 valence electrons. The van der Waals surface area contributed by atoms with E-state index in [2.05, 4.69) is 38.0 Å². The number of hydrogen-bond acceptors (Lipinski definition) is 3. The quantitative estimate of drug-likeness (QED) is 0.468. The van der Waals surface area contributed by atoms with Crippen LogP contribution in [0.1, 0.15) is 53.9 Å². The zero-order valence-electron chi connectivity index (χ0n) is 17.3. The minimum Gasteiger partial charge on any atom is -0.355 e. The van der Waals surface area contributed by atoms with Crippen molar-refractivity contribution in [2.24, 2.45) is 5.92 Å². The van der Waals surface area contributed by atoms with E-state index in [-0.39, 0.29) is 24.4 Å². The second kappa shape index (κ2) is 15.9. The van der Waals surface area contributed by atoms with Crippen LogP contribution in [0.3, 0.4) is 0 Å². The van der Waals surface area contributed by atoms with Crippen LogP contribution in [0.2, 0.25) is 0 Å². The summed E-state index contributed by atoms with van der Waals surface area (Å²) < 4.78 is 0. The number of carbonyl (C=O) groups is 2. The molecule has 0 spiro atoms. The summed E-state index contributed by atoms with van der Waals surface area (Å²) in [6.07, 6.45) is 6.75. The van der Waals surface area contributed by atoms with Gasteiger partial charge in [-0.1, -0.05) is 51.5 Å². The van der Waals surface area contributed by atoms with Gasteiger partial charge >= 0.3 is 0 Å². The Balaban J connectivity index is 0. The van der Waals surface area contributed by atoms with Gasteiger partial charge in [0.1, 0.15) is 0 Å². The molecular weight excluding hydrogens is 314 g/mol. The highest BCUT2D eigenvalue weighted by Gasteiger charge is 2.21. The van der Waals surface area contributed by atoms with Crippen molar-refractivity contribution in [3.63, 3.8) is 0 Å². The lowest BCUT2D eigenvalue weighted by Gasteiger charge is -2.24. The molecule has 5 nitrogen and oxygen atoms in total. The smallest absolute Gasteiger partial charge is 0.239 e. The lowest BCUT2D eigenvalue weighted by Crippen LogP contribution is -2.47. The van der Waals surface area contributed by atoms with Crippen molar-refractivity contribution in [2.75, 3.05) is 27.2 Å². The third-order valence-electron chi connectivity index (χ3n) is 3.35. The summed E-state index contributed by atoms with van der Waals surface area (Å²) >= 11 is 0. The molecule has 0 radical (unpaired) electrons. The maximum Gasteiger partial charge on any atom is 0.239 e. The molecule has 5 heteroatoms. The fourth-order valence-electron chi connectivity index (χ4n) is 2.04. The highest BCUT2D eigenvalue weighted by Crippen LogP contribution is 2.08. The molecule has 1 atom stereocenters. The highest BCUT2D eigenvalue weighted by atomic mass is 16.2. The lowest BCUT2D eigenvalue weighted by atomic mass is 10.0. The molecule has 0 rings (SSSR count). The van der Waals surface area contributed by atoms with Crippen molar-refractivity contribution in [3.8, 4) is 0 Å². The predicted molar refractivity (Wildman–Crippen MR) is 107 cm³/mol. The van der Waals surface area contributed by atoms with E-state index in [1.54, 1.807) is 0 Å². The lowest BCUT2D eigenvalue weighted by molar-refractivity contribution is -0.129. The molecular formula is C20H39N3O2. The minimum atomic E-state index is -0.177. The van der Waals surface area contributed by atoms with Crippen molar-refractivity contribution in [2.45, 2.75) is 59.9 Å². The second-order valence-electron chi connectivity index (χ2n) is 6.88. The summed E-state index contributed by atoms with van der Waals surface area (Å²) in [6.45, 7) is 14.6. The maximum atomic E-state index is 12.0. The van der Waals surface area contributed by atoms with Crippen LogP contribution < -0.4 is 10.6 Å². The predicted octanol–water partition coefficient (Wildman–Crippen LogP) is 3.13. The van der Waals surface area contributed by atoms with Gasteiger partial charge in [-0.15, -0.1) is 0 Å². The summed E-state index contributed by atoms with van der Waals surface area (Å²) in [6, 6.07) is -0.177. The third kappa shape index (κ3) is 17.0. The average Bonchev–Trinajstić information content (AvgIpc) is 2.50. The topological polar surface area (TPSA) is 61.4 Å². The largest absolute Gasteiger partial charge is 0.355 e. The standard InChI is InChI=1S/C14H29N3O2.C6H10/c1-6-7-8-15-13(18)10-16-14(19)12(17(4)5)9-11(2)3;1-4-5-6(2)3/h11-12H,6-10H2,1-5H3,(H,15,18)(H,16,19);4-5H,2H2,1,3H3/b;5-4-/t12-;/m0./s1. The Morgan fingerprint density at radius 3 is 2.16 bits per heavy atom. The van der Waals surface area contributed by atoms with Crippen LogP contribution in [0, 0.1) is 5.92 Å². The number of nitrogens with zero attached hydrogens (tertiary/aromatic N) is 1. The molecule has 0 bridgehead atoms. The summed E-state index contributed by atoms with van der Waals surface area (Å²) in [5, 5.41) is 5.48. The van der Waals surface area contributed by atoms with Crippen molar-refractivity contribution in [1.29, 1.82) is 0 Å². The second-order valence-corrected chi connectivity index (χ2v) is 6.88. The Hall–Kier alpha value is -1.62.